The normalized spacial score (nSPS) is 12.7. The van der Waals surface area contributed by atoms with E-state index in [9.17, 15) is 0 Å². The Hall–Kier alpha value is -2.06. The summed E-state index contributed by atoms with van der Waals surface area (Å²) in [6, 6.07) is 16.9. The van der Waals surface area contributed by atoms with Gasteiger partial charge < -0.3 is 0 Å². The molecule has 42 heavy (non-hydrogen) atoms. The second-order valence-electron chi connectivity index (χ2n) is 7.16. The molecule has 16 radical (unpaired) electrons. The first kappa shape index (κ1) is 49.6. The average molecular weight is 899 g/mol. The topological polar surface area (TPSA) is 79.6 Å². The zero-order valence-electron chi connectivity index (χ0n) is 23.8. The van der Waals surface area contributed by atoms with Gasteiger partial charge in [0.2, 0.25) is 0 Å². The summed E-state index contributed by atoms with van der Waals surface area (Å²) in [5, 5.41) is 0. The van der Waals surface area contributed by atoms with E-state index in [2.05, 4.69) is 113 Å². The maximum Gasteiger partial charge on any atom is 0 e. The summed E-state index contributed by atoms with van der Waals surface area (Å²) in [6.45, 7) is 25.9. The fourth-order valence-corrected chi connectivity index (χ4v) is 2.89. The van der Waals surface area contributed by atoms with Gasteiger partial charge in [0.05, 0.1) is 0 Å². The minimum Gasteiger partial charge on any atom is -0.0312 e. The van der Waals surface area contributed by atoms with Gasteiger partial charge in [0.1, 0.15) is 0 Å². The summed E-state index contributed by atoms with van der Waals surface area (Å²) in [7, 11) is 0. The zero-order valence-corrected chi connectivity index (χ0v) is 29.2. The standard InChI is InChI=1S/C22H20.2C5H5.4CO.2Re/c1-5-7-21(19-13-9-17(3)10-14-19)22(8-6-2)20-15-11-18(4)12-16-20;2*1-2-4-5-3-1;4*1-2;;/h9-16H,1-4H3;2*1-5H;;;;;;/b7-5?,8-6?,22-21+;;;;;;;;. The quantitative estimate of drug-likeness (QED) is 0.132. The van der Waals surface area contributed by atoms with Crippen molar-refractivity contribution in [2.75, 3.05) is 0 Å². The van der Waals surface area contributed by atoms with Crippen LogP contribution in [0.4, 0.5) is 0 Å². The Balaban J connectivity index is -0.000000187. The predicted octanol–water partition coefficient (Wildman–Crippen LogP) is 7.47. The Morgan fingerprint density at radius 2 is 0.619 bits per heavy atom. The molecule has 0 atom stereocenters. The van der Waals surface area contributed by atoms with Crippen molar-refractivity contribution in [1.29, 1.82) is 0 Å². The smallest absolute Gasteiger partial charge is 0 e. The third-order valence-corrected chi connectivity index (χ3v) is 4.54. The molecule has 0 heterocycles. The third kappa shape index (κ3) is 24.5. The van der Waals surface area contributed by atoms with Crippen molar-refractivity contribution in [3.05, 3.63) is 186 Å². The Bertz CT molecular complexity index is 921. The summed E-state index contributed by atoms with van der Waals surface area (Å²) in [5.74, 6) is 0. The minimum atomic E-state index is 0. The third-order valence-electron chi connectivity index (χ3n) is 4.54. The van der Waals surface area contributed by atoms with Crippen LogP contribution in [0, 0.1) is 129 Å². The van der Waals surface area contributed by atoms with Gasteiger partial charge >= 0.3 is 45.2 Å². The van der Waals surface area contributed by atoms with Crippen LogP contribution in [-0.4, -0.2) is 0 Å². The summed E-state index contributed by atoms with van der Waals surface area (Å²) in [5.41, 5.74) is 6.68. The Morgan fingerprint density at radius 1 is 0.429 bits per heavy atom. The number of hydrogen-bond acceptors (Lipinski definition) is 0. The molecule has 0 saturated heterocycles. The molecule has 0 aliphatic heterocycles. The van der Waals surface area contributed by atoms with Crippen LogP contribution in [0.25, 0.3) is 11.1 Å². The van der Waals surface area contributed by atoms with Gasteiger partial charge in [-0.2, -0.15) is 0 Å². The van der Waals surface area contributed by atoms with Crippen LogP contribution in [-0.2, 0) is 59.5 Å². The van der Waals surface area contributed by atoms with Gasteiger partial charge in [-0.05, 0) is 138 Å². The molecular weight excluding hydrogens is 869 g/mol. The van der Waals surface area contributed by atoms with Crippen LogP contribution >= 0.6 is 0 Å². The maximum absolute atomic E-state index is 7.50. The van der Waals surface area contributed by atoms with Crippen LogP contribution in [0.5, 0.6) is 0 Å². The first-order valence-corrected chi connectivity index (χ1v) is 11.5. The van der Waals surface area contributed by atoms with Crippen molar-refractivity contribution in [1.82, 2.24) is 0 Å². The van der Waals surface area contributed by atoms with Gasteiger partial charge in [0.25, 0.3) is 0 Å². The molecule has 0 bridgehead atoms. The average Bonchev–Trinajstić information content (AvgIpc) is 3.81. The van der Waals surface area contributed by atoms with Gasteiger partial charge in [0, 0.05) is 40.8 Å². The molecule has 2 fully saturated rings. The molecule has 2 aromatic carbocycles. The number of allylic oxidation sites excluding steroid dienone is 6. The van der Waals surface area contributed by atoms with E-state index in [0.717, 1.165) is 22.3 Å². The van der Waals surface area contributed by atoms with Gasteiger partial charge in [-0.15, -0.1) is 0 Å². The second-order valence-corrected chi connectivity index (χ2v) is 7.16. The Kier molecular flexibility index (Phi) is 46.0. The molecule has 4 nitrogen and oxygen atoms in total. The van der Waals surface area contributed by atoms with E-state index in [1.165, 1.54) is 11.1 Å². The van der Waals surface area contributed by atoms with Crippen LogP contribution in [0.15, 0.2) is 48.5 Å². The molecule has 2 aliphatic carbocycles. The van der Waals surface area contributed by atoms with Crippen LogP contribution in [0.3, 0.4) is 0 Å². The maximum atomic E-state index is 7.50. The molecule has 2 saturated carbocycles. The molecule has 2 aliphatic rings. The van der Waals surface area contributed by atoms with E-state index in [1.807, 2.05) is 78.1 Å². The number of hydrogen-bond donors (Lipinski definition) is 0. The van der Waals surface area contributed by atoms with Crippen LogP contribution in [0.2, 0.25) is 0 Å². The number of benzene rings is 2. The molecule has 212 valence electrons. The predicted molar refractivity (Wildman–Crippen MR) is 152 cm³/mol. The first-order valence-electron chi connectivity index (χ1n) is 11.5. The molecular formula is C36H30O4Re2. The van der Waals surface area contributed by atoms with Crippen molar-refractivity contribution in [3.63, 3.8) is 0 Å². The van der Waals surface area contributed by atoms with Crippen LogP contribution < -0.4 is 0 Å². The van der Waals surface area contributed by atoms with E-state index in [-0.39, 0.29) is 40.8 Å². The summed E-state index contributed by atoms with van der Waals surface area (Å²) < 4.78 is 30.0. The molecule has 6 heteroatoms. The van der Waals surface area contributed by atoms with Gasteiger partial charge in [-0.3, -0.25) is 0 Å². The van der Waals surface area contributed by atoms with E-state index < -0.39 is 0 Å². The van der Waals surface area contributed by atoms with E-state index in [1.54, 1.807) is 0 Å². The molecule has 2 aromatic rings. The summed E-state index contributed by atoms with van der Waals surface area (Å²) in [4.78, 5) is 0. The fourth-order valence-electron chi connectivity index (χ4n) is 2.89. The molecule has 0 unspecified atom stereocenters. The van der Waals surface area contributed by atoms with E-state index in [4.69, 9.17) is 18.6 Å². The largest absolute Gasteiger partial charge is 0.0312 e. The monoisotopic (exact) mass is 900 g/mol. The number of rotatable bonds is 4. The first-order chi connectivity index (χ1) is 19.7. The van der Waals surface area contributed by atoms with Crippen molar-refractivity contribution in [2.45, 2.75) is 27.7 Å². The Morgan fingerprint density at radius 3 is 0.786 bits per heavy atom. The molecule has 0 aromatic heterocycles. The summed E-state index contributed by atoms with van der Waals surface area (Å²) >= 11 is 0. The molecule has 0 N–H and O–H groups in total. The zero-order chi connectivity index (χ0) is 31.0. The fraction of sp³-hybridized carbons (Fsp3) is 0.111. The van der Waals surface area contributed by atoms with Gasteiger partial charge in [-0.1, -0.05) is 59.7 Å². The number of aryl methyl sites for hydroxylation is 2. The van der Waals surface area contributed by atoms with Gasteiger partial charge in [0.15, 0.2) is 0 Å². The van der Waals surface area contributed by atoms with Crippen molar-refractivity contribution < 1.29 is 59.5 Å². The minimum absolute atomic E-state index is 0. The second kappa shape index (κ2) is 38.9. The van der Waals surface area contributed by atoms with E-state index in [0.29, 0.717) is 0 Å². The molecule has 4 rings (SSSR count). The van der Waals surface area contributed by atoms with Crippen molar-refractivity contribution in [3.8, 4) is 0 Å². The van der Waals surface area contributed by atoms with Gasteiger partial charge in [-0.25, -0.2) is 0 Å². The van der Waals surface area contributed by atoms with Crippen molar-refractivity contribution in [2.24, 2.45) is 0 Å². The van der Waals surface area contributed by atoms with E-state index >= 15 is 0 Å². The van der Waals surface area contributed by atoms with Crippen LogP contribution in [0.1, 0.15) is 36.1 Å². The Labute approximate surface area is 282 Å². The molecule has 0 spiro atoms. The SMILES string of the molecule is C[C]=[C]/C(=C(/[C]=[C]C)c1ccc(C)cc1)c1ccc(C)cc1.[C-]#[O+].[C-]#[O+].[C-]#[O+].[C-]#[O+].[CH]1[CH][CH][CH][CH]1.[CH]1[CH][CH][CH][CH]1.[Re].[Re]. The summed E-state index contributed by atoms with van der Waals surface area (Å²) in [6.07, 6.45) is 32.5. The molecule has 0 amide bonds. The van der Waals surface area contributed by atoms with Crippen molar-refractivity contribution >= 4 is 11.1 Å².